The van der Waals surface area contributed by atoms with Crippen LogP contribution in [0.15, 0.2) is 65.7 Å². The predicted molar refractivity (Wildman–Crippen MR) is 95.5 cm³/mol. The van der Waals surface area contributed by atoms with E-state index in [1.807, 2.05) is 12.1 Å². The molecule has 132 valence electrons. The molecule has 0 bridgehead atoms. The van der Waals surface area contributed by atoms with Crippen LogP contribution in [0, 0.1) is 5.82 Å². The number of carbonyl (C=O) groups is 1. The Balaban J connectivity index is 1.79. The molecule has 26 heavy (non-hydrogen) atoms. The first-order valence-electron chi connectivity index (χ1n) is 7.83. The van der Waals surface area contributed by atoms with Crippen molar-refractivity contribution in [2.45, 2.75) is 6.54 Å². The van der Waals surface area contributed by atoms with E-state index < -0.39 is 17.3 Å². The minimum Gasteiger partial charge on any atom is -0.496 e. The fourth-order valence-electron chi connectivity index (χ4n) is 2.46. The normalized spacial score (nSPS) is 10.4. The summed E-state index contributed by atoms with van der Waals surface area (Å²) in [6, 6.07) is 14.3. The number of carbonyl (C=O) groups excluding carboxylic acids is 1. The standard InChI is InChI=1S/C19H16FN3O3/c1-26-17-9-5-2-6-13(17)16-10-19(25)23(12-21-16)11-18(24)22-15-8-4-3-7-14(15)20/h2-10,12H,11H2,1H3,(H,22,24). The van der Waals surface area contributed by atoms with Crippen molar-refractivity contribution in [1.29, 1.82) is 0 Å². The van der Waals surface area contributed by atoms with Crippen LogP contribution < -0.4 is 15.6 Å². The number of aromatic nitrogens is 2. The third-order valence-electron chi connectivity index (χ3n) is 3.72. The van der Waals surface area contributed by atoms with Crippen LogP contribution in [-0.4, -0.2) is 22.6 Å². The molecule has 0 aliphatic carbocycles. The fourth-order valence-corrected chi connectivity index (χ4v) is 2.46. The van der Waals surface area contributed by atoms with E-state index in [2.05, 4.69) is 10.3 Å². The number of benzene rings is 2. The Bertz CT molecular complexity index is 1000. The maximum Gasteiger partial charge on any atom is 0.254 e. The van der Waals surface area contributed by atoms with Crippen LogP contribution in [0.1, 0.15) is 0 Å². The molecule has 0 aliphatic heterocycles. The zero-order chi connectivity index (χ0) is 18.5. The van der Waals surface area contributed by atoms with Crippen molar-refractivity contribution >= 4 is 11.6 Å². The van der Waals surface area contributed by atoms with E-state index in [-0.39, 0.29) is 12.2 Å². The lowest BCUT2D eigenvalue weighted by Gasteiger charge is -2.10. The second-order valence-electron chi connectivity index (χ2n) is 5.47. The molecular weight excluding hydrogens is 337 g/mol. The number of methoxy groups -OCH3 is 1. The van der Waals surface area contributed by atoms with Crippen LogP contribution in [0.5, 0.6) is 5.75 Å². The van der Waals surface area contributed by atoms with E-state index in [4.69, 9.17) is 4.74 Å². The van der Waals surface area contributed by atoms with Crippen LogP contribution in [0.2, 0.25) is 0 Å². The molecule has 1 N–H and O–H groups in total. The first-order chi connectivity index (χ1) is 12.6. The fraction of sp³-hybridized carbons (Fsp3) is 0.105. The van der Waals surface area contributed by atoms with Gasteiger partial charge in [0.15, 0.2) is 0 Å². The number of para-hydroxylation sites is 2. The van der Waals surface area contributed by atoms with Gasteiger partial charge in [0, 0.05) is 11.6 Å². The average Bonchev–Trinajstić information content (AvgIpc) is 2.65. The summed E-state index contributed by atoms with van der Waals surface area (Å²) in [4.78, 5) is 28.6. The zero-order valence-electron chi connectivity index (χ0n) is 14.0. The van der Waals surface area contributed by atoms with Crippen molar-refractivity contribution in [3.05, 3.63) is 77.1 Å². The molecule has 1 amide bonds. The molecule has 2 aromatic carbocycles. The van der Waals surface area contributed by atoms with Gasteiger partial charge in [0.25, 0.3) is 5.56 Å². The molecule has 1 heterocycles. The second-order valence-corrected chi connectivity index (χ2v) is 5.47. The van der Waals surface area contributed by atoms with E-state index in [1.54, 1.807) is 18.2 Å². The minimum atomic E-state index is -0.544. The van der Waals surface area contributed by atoms with Crippen molar-refractivity contribution in [2.24, 2.45) is 0 Å². The Morgan fingerprint density at radius 2 is 1.92 bits per heavy atom. The summed E-state index contributed by atoms with van der Waals surface area (Å²) in [6.07, 6.45) is 1.28. The van der Waals surface area contributed by atoms with E-state index >= 15 is 0 Å². The van der Waals surface area contributed by atoms with Gasteiger partial charge in [-0.1, -0.05) is 24.3 Å². The summed E-state index contributed by atoms with van der Waals surface area (Å²) in [7, 11) is 1.53. The smallest absolute Gasteiger partial charge is 0.254 e. The Morgan fingerprint density at radius 3 is 2.65 bits per heavy atom. The number of hydrogen-bond acceptors (Lipinski definition) is 4. The molecule has 1 aromatic heterocycles. The summed E-state index contributed by atoms with van der Waals surface area (Å²) in [5, 5.41) is 2.43. The van der Waals surface area contributed by atoms with E-state index in [0.29, 0.717) is 17.0 Å². The number of ether oxygens (including phenoxy) is 1. The lowest BCUT2D eigenvalue weighted by Crippen LogP contribution is -2.27. The van der Waals surface area contributed by atoms with Crippen molar-refractivity contribution in [3.63, 3.8) is 0 Å². The Labute approximate surface area is 148 Å². The van der Waals surface area contributed by atoms with Gasteiger partial charge in [-0.05, 0) is 24.3 Å². The molecule has 0 saturated carbocycles. The Hall–Kier alpha value is -3.48. The summed E-state index contributed by atoms with van der Waals surface area (Å²) in [5.41, 5.74) is 0.780. The van der Waals surface area contributed by atoms with Crippen LogP contribution in [0.3, 0.4) is 0 Å². The number of amides is 1. The second kappa shape index (κ2) is 7.60. The molecule has 0 fully saturated rings. The lowest BCUT2D eigenvalue weighted by atomic mass is 10.1. The summed E-state index contributed by atoms with van der Waals surface area (Å²) in [6.45, 7) is -0.271. The van der Waals surface area contributed by atoms with E-state index in [0.717, 1.165) is 4.57 Å². The van der Waals surface area contributed by atoms with Crippen LogP contribution in [0.25, 0.3) is 11.3 Å². The van der Waals surface area contributed by atoms with Crippen LogP contribution in [0.4, 0.5) is 10.1 Å². The highest BCUT2D eigenvalue weighted by Crippen LogP contribution is 2.26. The Morgan fingerprint density at radius 1 is 1.19 bits per heavy atom. The molecule has 3 rings (SSSR count). The topological polar surface area (TPSA) is 73.2 Å². The van der Waals surface area contributed by atoms with Gasteiger partial charge in [0.05, 0.1) is 24.8 Å². The molecule has 0 spiro atoms. The van der Waals surface area contributed by atoms with Gasteiger partial charge < -0.3 is 10.1 Å². The number of nitrogens with zero attached hydrogens (tertiary/aromatic N) is 2. The van der Waals surface area contributed by atoms with E-state index in [1.165, 1.54) is 37.7 Å². The number of halogens is 1. The third kappa shape index (κ3) is 3.77. The molecule has 6 nitrogen and oxygen atoms in total. The minimum absolute atomic E-state index is 0.0594. The molecule has 3 aromatic rings. The maximum absolute atomic E-state index is 13.6. The van der Waals surface area contributed by atoms with Gasteiger partial charge in [0.2, 0.25) is 5.91 Å². The maximum atomic E-state index is 13.6. The van der Waals surface area contributed by atoms with Crippen LogP contribution >= 0.6 is 0 Å². The van der Waals surface area contributed by atoms with Gasteiger partial charge in [-0.25, -0.2) is 9.37 Å². The first kappa shape index (κ1) is 17.3. The average molecular weight is 353 g/mol. The third-order valence-corrected chi connectivity index (χ3v) is 3.72. The summed E-state index contributed by atoms with van der Waals surface area (Å²) in [5.74, 6) is -0.476. The Kier molecular flexibility index (Phi) is 5.07. The zero-order valence-corrected chi connectivity index (χ0v) is 14.0. The van der Waals surface area contributed by atoms with Crippen molar-refractivity contribution in [2.75, 3.05) is 12.4 Å². The summed E-state index contributed by atoms with van der Waals surface area (Å²) >= 11 is 0. The van der Waals surface area contributed by atoms with Gasteiger partial charge in [-0.3, -0.25) is 14.2 Å². The van der Waals surface area contributed by atoms with Gasteiger partial charge in [-0.15, -0.1) is 0 Å². The largest absolute Gasteiger partial charge is 0.496 e. The highest BCUT2D eigenvalue weighted by molar-refractivity contribution is 5.90. The predicted octanol–water partition coefficient (Wildman–Crippen LogP) is 2.70. The van der Waals surface area contributed by atoms with Crippen LogP contribution in [-0.2, 0) is 11.3 Å². The molecule has 0 aliphatic rings. The monoisotopic (exact) mass is 353 g/mol. The number of rotatable bonds is 5. The molecule has 7 heteroatoms. The van der Waals surface area contributed by atoms with Gasteiger partial charge >= 0.3 is 0 Å². The highest BCUT2D eigenvalue weighted by atomic mass is 19.1. The summed E-state index contributed by atoms with van der Waals surface area (Å²) < 4.78 is 20.0. The first-order valence-corrected chi connectivity index (χ1v) is 7.83. The van der Waals surface area contributed by atoms with E-state index in [9.17, 15) is 14.0 Å². The number of anilines is 1. The van der Waals surface area contributed by atoms with Crippen molar-refractivity contribution < 1.29 is 13.9 Å². The van der Waals surface area contributed by atoms with Crippen molar-refractivity contribution in [1.82, 2.24) is 9.55 Å². The molecule has 0 saturated heterocycles. The number of nitrogens with one attached hydrogen (secondary N) is 1. The SMILES string of the molecule is COc1ccccc1-c1cc(=O)n(CC(=O)Nc2ccccc2F)cn1. The lowest BCUT2D eigenvalue weighted by molar-refractivity contribution is -0.116. The molecular formula is C19H16FN3O3. The molecule has 0 radical (unpaired) electrons. The quantitative estimate of drug-likeness (QED) is 0.765. The van der Waals surface area contributed by atoms with Gasteiger partial charge in [0.1, 0.15) is 18.1 Å². The van der Waals surface area contributed by atoms with Crippen molar-refractivity contribution in [3.8, 4) is 17.0 Å². The number of hydrogen-bond donors (Lipinski definition) is 1. The molecule has 0 unspecified atom stereocenters. The molecule has 0 atom stereocenters. The van der Waals surface area contributed by atoms with Gasteiger partial charge in [-0.2, -0.15) is 0 Å². The highest BCUT2D eigenvalue weighted by Gasteiger charge is 2.11.